The number of rotatable bonds is 4. The molecular weight excluding hydrogens is 389 g/mol. The van der Waals surface area contributed by atoms with E-state index in [0.29, 0.717) is 0 Å². The lowest BCUT2D eigenvalue weighted by Gasteiger charge is -2.29. The second-order valence-electron chi connectivity index (χ2n) is 5.46. The summed E-state index contributed by atoms with van der Waals surface area (Å²) < 4.78 is 3.23. The summed E-state index contributed by atoms with van der Waals surface area (Å²) in [6.07, 6.45) is 5.79. The van der Waals surface area contributed by atoms with Gasteiger partial charge in [-0.3, -0.25) is 0 Å². The van der Waals surface area contributed by atoms with Crippen LogP contribution in [0.4, 0.5) is 0 Å². The summed E-state index contributed by atoms with van der Waals surface area (Å²) >= 11 is 3.53. The SMILES string of the molecule is Cl.Cl.O[C@H]1CCCN[C@@H]1CCCn1cnc2c(Br)cccc21. The van der Waals surface area contributed by atoms with E-state index >= 15 is 0 Å². The van der Waals surface area contributed by atoms with Gasteiger partial charge in [-0.15, -0.1) is 24.8 Å². The second kappa shape index (κ2) is 9.08. The van der Waals surface area contributed by atoms with Gasteiger partial charge in [-0.2, -0.15) is 0 Å². The van der Waals surface area contributed by atoms with Gasteiger partial charge in [0, 0.05) is 17.1 Å². The van der Waals surface area contributed by atoms with Crippen LogP contribution in [0.5, 0.6) is 0 Å². The molecule has 124 valence electrons. The van der Waals surface area contributed by atoms with Crippen LogP contribution in [0.3, 0.4) is 0 Å². The minimum absolute atomic E-state index is 0. The summed E-state index contributed by atoms with van der Waals surface area (Å²) in [5.41, 5.74) is 2.18. The number of hydrogen-bond donors (Lipinski definition) is 2. The van der Waals surface area contributed by atoms with Crippen LogP contribution in [0.2, 0.25) is 0 Å². The van der Waals surface area contributed by atoms with Gasteiger partial charge in [-0.25, -0.2) is 4.98 Å². The number of aryl methyl sites for hydroxylation is 1. The average molecular weight is 411 g/mol. The maximum Gasteiger partial charge on any atom is 0.103 e. The first-order valence-corrected chi connectivity index (χ1v) is 8.06. The minimum Gasteiger partial charge on any atom is -0.392 e. The monoisotopic (exact) mass is 409 g/mol. The molecule has 7 heteroatoms. The van der Waals surface area contributed by atoms with E-state index in [4.69, 9.17) is 0 Å². The van der Waals surface area contributed by atoms with Crippen LogP contribution in [0, 0.1) is 0 Å². The fourth-order valence-corrected chi connectivity index (χ4v) is 3.40. The van der Waals surface area contributed by atoms with Crippen LogP contribution < -0.4 is 5.32 Å². The first-order valence-electron chi connectivity index (χ1n) is 7.26. The van der Waals surface area contributed by atoms with Gasteiger partial charge in [0.1, 0.15) is 5.52 Å². The molecule has 0 saturated carbocycles. The zero-order valence-electron chi connectivity index (χ0n) is 12.2. The highest BCUT2D eigenvalue weighted by molar-refractivity contribution is 9.10. The van der Waals surface area contributed by atoms with Gasteiger partial charge in [-0.05, 0) is 60.3 Å². The van der Waals surface area contributed by atoms with Gasteiger partial charge in [0.2, 0.25) is 0 Å². The number of hydrogen-bond acceptors (Lipinski definition) is 3. The van der Waals surface area contributed by atoms with Gasteiger partial charge in [0.25, 0.3) is 0 Å². The van der Waals surface area contributed by atoms with E-state index in [1.54, 1.807) is 0 Å². The predicted molar refractivity (Wildman–Crippen MR) is 98.2 cm³/mol. The van der Waals surface area contributed by atoms with E-state index in [1.807, 2.05) is 18.5 Å². The molecule has 0 bridgehead atoms. The highest BCUT2D eigenvalue weighted by Crippen LogP contribution is 2.22. The maximum absolute atomic E-state index is 9.95. The van der Waals surface area contributed by atoms with Crippen molar-refractivity contribution in [3.05, 3.63) is 29.0 Å². The van der Waals surface area contributed by atoms with Crippen molar-refractivity contribution in [3.63, 3.8) is 0 Å². The van der Waals surface area contributed by atoms with Crippen LogP contribution in [0.1, 0.15) is 25.7 Å². The Kier molecular flexibility index (Phi) is 8.14. The Morgan fingerprint density at radius 3 is 2.95 bits per heavy atom. The van der Waals surface area contributed by atoms with Crippen molar-refractivity contribution in [2.24, 2.45) is 0 Å². The van der Waals surface area contributed by atoms with E-state index in [0.717, 1.165) is 54.3 Å². The molecule has 2 heterocycles. The number of imidazole rings is 1. The van der Waals surface area contributed by atoms with Crippen molar-refractivity contribution in [1.29, 1.82) is 0 Å². The topological polar surface area (TPSA) is 50.1 Å². The molecule has 0 radical (unpaired) electrons. The van der Waals surface area contributed by atoms with Crippen LogP contribution >= 0.6 is 40.7 Å². The summed E-state index contributed by atoms with van der Waals surface area (Å²) in [6, 6.07) is 6.41. The Labute approximate surface area is 151 Å². The molecule has 2 atom stereocenters. The number of halogens is 3. The third-order valence-electron chi connectivity index (χ3n) is 4.06. The van der Waals surface area contributed by atoms with Crippen molar-refractivity contribution in [3.8, 4) is 0 Å². The number of para-hydroxylation sites is 1. The van der Waals surface area contributed by atoms with E-state index in [2.05, 4.69) is 36.9 Å². The maximum atomic E-state index is 9.95. The molecule has 0 unspecified atom stereocenters. The van der Waals surface area contributed by atoms with Gasteiger partial charge < -0.3 is 15.0 Å². The zero-order chi connectivity index (χ0) is 13.9. The van der Waals surface area contributed by atoms with E-state index < -0.39 is 0 Å². The molecule has 2 N–H and O–H groups in total. The molecule has 1 aromatic heterocycles. The molecule has 1 saturated heterocycles. The number of piperidine rings is 1. The van der Waals surface area contributed by atoms with Gasteiger partial charge in [0.05, 0.1) is 17.9 Å². The molecule has 1 aliphatic rings. The van der Waals surface area contributed by atoms with Crippen molar-refractivity contribution in [2.45, 2.75) is 44.4 Å². The molecule has 2 aromatic rings. The fraction of sp³-hybridized carbons (Fsp3) is 0.533. The number of fused-ring (bicyclic) bond motifs is 1. The molecule has 4 nitrogen and oxygen atoms in total. The minimum atomic E-state index is -0.183. The van der Waals surface area contributed by atoms with Gasteiger partial charge >= 0.3 is 0 Å². The molecule has 1 fully saturated rings. The van der Waals surface area contributed by atoms with Crippen molar-refractivity contribution in [2.75, 3.05) is 6.54 Å². The van der Waals surface area contributed by atoms with Crippen LogP contribution in [0.15, 0.2) is 29.0 Å². The first kappa shape index (κ1) is 19.7. The van der Waals surface area contributed by atoms with Crippen molar-refractivity contribution < 1.29 is 5.11 Å². The molecule has 1 aromatic carbocycles. The van der Waals surface area contributed by atoms with Gasteiger partial charge in [0.15, 0.2) is 0 Å². The third kappa shape index (κ3) is 4.36. The average Bonchev–Trinajstić information content (AvgIpc) is 2.86. The number of aliphatic hydroxyl groups is 1. The quantitative estimate of drug-likeness (QED) is 0.810. The van der Waals surface area contributed by atoms with Gasteiger partial charge in [-0.1, -0.05) is 6.07 Å². The summed E-state index contributed by atoms with van der Waals surface area (Å²) in [5, 5.41) is 13.4. The van der Waals surface area contributed by atoms with Crippen LogP contribution in [-0.2, 0) is 6.54 Å². The number of nitrogens with one attached hydrogen (secondary N) is 1. The number of aromatic nitrogens is 2. The highest BCUT2D eigenvalue weighted by atomic mass is 79.9. The van der Waals surface area contributed by atoms with Crippen LogP contribution in [-0.4, -0.2) is 33.3 Å². The highest BCUT2D eigenvalue weighted by Gasteiger charge is 2.21. The largest absolute Gasteiger partial charge is 0.392 e. The lowest BCUT2D eigenvalue weighted by atomic mass is 9.97. The summed E-state index contributed by atoms with van der Waals surface area (Å²) in [6.45, 7) is 1.97. The van der Waals surface area contributed by atoms with Crippen molar-refractivity contribution in [1.82, 2.24) is 14.9 Å². The number of nitrogens with zero attached hydrogens (tertiary/aromatic N) is 2. The van der Waals surface area contributed by atoms with E-state index in [1.165, 1.54) is 0 Å². The number of aliphatic hydroxyl groups excluding tert-OH is 1. The van der Waals surface area contributed by atoms with E-state index in [9.17, 15) is 5.11 Å². The fourth-order valence-electron chi connectivity index (χ4n) is 2.94. The van der Waals surface area contributed by atoms with E-state index in [-0.39, 0.29) is 37.0 Å². The Morgan fingerprint density at radius 2 is 2.18 bits per heavy atom. The molecule has 1 aliphatic heterocycles. The lowest BCUT2D eigenvalue weighted by Crippen LogP contribution is -2.44. The Balaban J connectivity index is 0.00000121. The molecule has 0 aliphatic carbocycles. The summed E-state index contributed by atoms with van der Waals surface area (Å²) in [7, 11) is 0. The third-order valence-corrected chi connectivity index (χ3v) is 4.70. The number of benzene rings is 1. The Hall–Kier alpha value is -0.330. The standard InChI is InChI=1S/C15H20BrN3O.2ClH/c16-11-4-1-6-13-15(11)18-10-19(13)9-3-5-12-14(20)7-2-8-17-12;;/h1,4,6,10,12,14,17,20H,2-3,5,7-9H2;2*1H/t12-,14+;;/m1../s1. The molecule has 0 spiro atoms. The molecular formula is C15H22BrCl2N3O. The van der Waals surface area contributed by atoms with Crippen LogP contribution in [0.25, 0.3) is 11.0 Å². The molecule has 0 amide bonds. The summed E-state index contributed by atoms with van der Waals surface area (Å²) in [5.74, 6) is 0. The first-order chi connectivity index (χ1) is 9.75. The normalized spacial score (nSPS) is 21.2. The zero-order valence-corrected chi connectivity index (χ0v) is 15.5. The van der Waals surface area contributed by atoms with Crippen molar-refractivity contribution >= 4 is 51.8 Å². The summed E-state index contributed by atoms with van der Waals surface area (Å²) in [4.78, 5) is 4.45. The molecule has 22 heavy (non-hydrogen) atoms. The lowest BCUT2D eigenvalue weighted by molar-refractivity contribution is 0.0909. The molecule has 3 rings (SSSR count). The second-order valence-corrected chi connectivity index (χ2v) is 6.31. The Bertz CT molecular complexity index is 593. The Morgan fingerprint density at radius 1 is 1.36 bits per heavy atom. The smallest absolute Gasteiger partial charge is 0.103 e. The predicted octanol–water partition coefficient (Wildman–Crippen LogP) is 3.54.